The molecule has 4 fully saturated rings. The zero-order valence-corrected chi connectivity index (χ0v) is 26.9. The Morgan fingerprint density at radius 1 is 1.08 bits per heavy atom. The maximum Gasteiger partial charge on any atom is 0.417 e. The van der Waals surface area contributed by atoms with E-state index in [4.69, 9.17) is 4.74 Å². The van der Waals surface area contributed by atoms with Gasteiger partial charge in [-0.3, -0.25) is 14.4 Å². The molecular formula is C31H34F7N7O5. The van der Waals surface area contributed by atoms with Gasteiger partial charge in [-0.2, -0.15) is 31.6 Å². The van der Waals surface area contributed by atoms with Crippen molar-refractivity contribution in [1.82, 2.24) is 25.4 Å². The largest absolute Gasteiger partial charge is 0.472 e. The molecule has 1 aromatic rings. The molecule has 272 valence electrons. The van der Waals surface area contributed by atoms with Crippen molar-refractivity contribution in [1.29, 1.82) is 5.26 Å². The molecule has 6 rings (SSSR count). The van der Waals surface area contributed by atoms with Crippen LogP contribution in [0.3, 0.4) is 0 Å². The van der Waals surface area contributed by atoms with Gasteiger partial charge in [0.25, 0.3) is 5.91 Å². The molecule has 4 heterocycles. The van der Waals surface area contributed by atoms with Crippen molar-refractivity contribution in [2.45, 2.75) is 88.3 Å². The van der Waals surface area contributed by atoms with Gasteiger partial charge >= 0.3 is 18.4 Å². The van der Waals surface area contributed by atoms with Crippen LogP contribution in [-0.4, -0.2) is 99.9 Å². The number of rotatable bonds is 4. The molecule has 1 spiro atoms. The number of pyridine rings is 1. The zero-order valence-electron chi connectivity index (χ0n) is 26.9. The number of hydrogen-bond acceptors (Lipinski definition) is 7. The maximum atomic E-state index is 15.2. The summed E-state index contributed by atoms with van der Waals surface area (Å²) in [5, 5.41) is 15.6. The lowest BCUT2D eigenvalue weighted by Crippen LogP contribution is -2.63. The number of likely N-dealkylation sites (tertiary alicyclic amines) is 2. The molecule has 3 aliphatic heterocycles. The number of nitriles is 1. The topological polar surface area (TPSA) is 157 Å². The highest BCUT2D eigenvalue weighted by Gasteiger charge is 2.66. The number of carbonyl (C=O) groups excluding carboxylic acids is 4. The van der Waals surface area contributed by atoms with Crippen molar-refractivity contribution in [3.63, 3.8) is 0 Å². The quantitative estimate of drug-likeness (QED) is 0.404. The number of alkyl halides is 7. The minimum atomic E-state index is -5.90. The van der Waals surface area contributed by atoms with Gasteiger partial charge in [-0.1, -0.05) is 20.8 Å². The van der Waals surface area contributed by atoms with Gasteiger partial charge in [-0.05, 0) is 54.1 Å². The van der Waals surface area contributed by atoms with Crippen LogP contribution in [-0.2, 0) is 14.4 Å². The number of nitrogens with zero attached hydrogens (tertiary/aromatic N) is 4. The molecule has 0 aromatic carbocycles. The summed E-state index contributed by atoms with van der Waals surface area (Å²) < 4.78 is 100. The summed E-state index contributed by atoms with van der Waals surface area (Å²) in [7, 11) is 0. The molecule has 3 N–H and O–H groups in total. The van der Waals surface area contributed by atoms with E-state index >= 15 is 4.39 Å². The first-order valence-electron chi connectivity index (χ1n) is 16.0. The zero-order chi connectivity index (χ0) is 36.7. The molecule has 2 bridgehead atoms. The highest BCUT2D eigenvalue weighted by molar-refractivity contribution is 6.01. The molecule has 2 saturated heterocycles. The molecule has 5 amide bonds. The number of halogens is 7. The lowest BCUT2D eigenvalue weighted by molar-refractivity contribution is -0.255. The molecule has 19 heteroatoms. The van der Waals surface area contributed by atoms with Gasteiger partial charge in [0, 0.05) is 19.2 Å². The molecule has 5 aliphatic rings. The van der Waals surface area contributed by atoms with E-state index in [0.717, 1.165) is 15.1 Å². The van der Waals surface area contributed by atoms with Crippen molar-refractivity contribution < 1.29 is 54.6 Å². The monoisotopic (exact) mass is 717 g/mol. The van der Waals surface area contributed by atoms with E-state index < -0.39 is 95.8 Å². The molecule has 0 radical (unpaired) electrons. The number of anilines is 1. The number of nitrogens with one attached hydrogen (secondary N) is 3. The smallest absolute Gasteiger partial charge is 0.417 e. The first-order valence-corrected chi connectivity index (χ1v) is 16.0. The fourth-order valence-corrected chi connectivity index (χ4v) is 8.39. The predicted molar refractivity (Wildman–Crippen MR) is 156 cm³/mol. The average Bonchev–Trinajstić information content (AvgIpc) is 3.76. The van der Waals surface area contributed by atoms with E-state index in [9.17, 15) is 50.8 Å². The molecule has 9 unspecified atom stereocenters. The third kappa shape index (κ3) is 5.93. The van der Waals surface area contributed by atoms with Gasteiger partial charge in [-0.25, -0.2) is 14.2 Å². The van der Waals surface area contributed by atoms with Crippen LogP contribution in [0.2, 0.25) is 0 Å². The lowest BCUT2D eigenvalue weighted by atomic mass is 9.77. The van der Waals surface area contributed by atoms with Crippen molar-refractivity contribution in [2.75, 3.05) is 18.4 Å². The molecule has 12 nitrogen and oxygen atoms in total. The molecule has 9 atom stereocenters. The van der Waals surface area contributed by atoms with E-state index in [-0.39, 0.29) is 42.8 Å². The summed E-state index contributed by atoms with van der Waals surface area (Å²) in [6.45, 7) is 3.71. The summed E-state index contributed by atoms with van der Waals surface area (Å²) in [5.74, 6) is -4.11. The fourth-order valence-electron chi connectivity index (χ4n) is 8.39. The van der Waals surface area contributed by atoms with E-state index in [1.807, 2.05) is 11.4 Å². The van der Waals surface area contributed by atoms with Crippen molar-refractivity contribution in [3.8, 4) is 11.8 Å². The SMILES string of the molecule is CC(C)(C)C(NC(=O)NC(C(F)(F)F)C(F)(F)F)C(=O)N1CC2C3CC(F)C(C3)C2C1C(=O)N1CC2(CC1C#N)Oc1cccnc1NC2=O. The number of carbonyl (C=O) groups is 4. The molecule has 2 saturated carbocycles. The van der Waals surface area contributed by atoms with Crippen LogP contribution in [0.4, 0.5) is 41.3 Å². The van der Waals surface area contributed by atoms with Crippen LogP contribution < -0.4 is 20.7 Å². The van der Waals surface area contributed by atoms with Crippen LogP contribution >= 0.6 is 0 Å². The highest BCUT2D eigenvalue weighted by atomic mass is 19.4. The summed E-state index contributed by atoms with van der Waals surface area (Å²) in [6, 6.07) is -5.45. The normalized spacial score (nSPS) is 32.3. The van der Waals surface area contributed by atoms with Crippen molar-refractivity contribution >= 4 is 29.6 Å². The minimum Gasteiger partial charge on any atom is -0.472 e. The van der Waals surface area contributed by atoms with Gasteiger partial charge in [-0.15, -0.1) is 0 Å². The van der Waals surface area contributed by atoms with Crippen LogP contribution in [0.25, 0.3) is 0 Å². The summed E-state index contributed by atoms with van der Waals surface area (Å²) in [5.41, 5.74) is -3.02. The van der Waals surface area contributed by atoms with Gasteiger partial charge < -0.3 is 30.5 Å². The van der Waals surface area contributed by atoms with Gasteiger partial charge in [0.15, 0.2) is 11.6 Å². The summed E-state index contributed by atoms with van der Waals surface area (Å²) in [4.78, 5) is 61.1. The Bertz CT molecular complexity index is 1610. The van der Waals surface area contributed by atoms with Gasteiger partial charge in [0.05, 0.1) is 12.6 Å². The van der Waals surface area contributed by atoms with Gasteiger partial charge in [0.2, 0.25) is 23.5 Å². The lowest BCUT2D eigenvalue weighted by Gasteiger charge is -2.39. The molecule has 2 aliphatic carbocycles. The number of urea groups is 1. The van der Waals surface area contributed by atoms with Crippen molar-refractivity contribution in [2.24, 2.45) is 29.1 Å². The van der Waals surface area contributed by atoms with E-state index in [2.05, 4.69) is 10.3 Å². The second-order valence-corrected chi connectivity index (χ2v) is 14.7. The number of ether oxygens (including phenoxy) is 1. The van der Waals surface area contributed by atoms with E-state index in [1.165, 1.54) is 33.0 Å². The van der Waals surface area contributed by atoms with Crippen molar-refractivity contribution in [3.05, 3.63) is 18.3 Å². The Kier molecular flexibility index (Phi) is 8.41. The Labute approximate surface area is 281 Å². The second kappa shape index (κ2) is 11.9. The van der Waals surface area contributed by atoms with Crippen LogP contribution in [0.1, 0.15) is 40.0 Å². The Hall–Kier alpha value is -4.37. The number of hydrogen-bond donors (Lipinski definition) is 3. The van der Waals surface area contributed by atoms with Crippen LogP contribution in [0.15, 0.2) is 18.3 Å². The Morgan fingerprint density at radius 2 is 1.76 bits per heavy atom. The average molecular weight is 718 g/mol. The minimum absolute atomic E-state index is 0.108. The summed E-state index contributed by atoms with van der Waals surface area (Å²) >= 11 is 0. The van der Waals surface area contributed by atoms with Crippen LogP contribution in [0.5, 0.6) is 5.75 Å². The Morgan fingerprint density at radius 3 is 2.38 bits per heavy atom. The molecule has 50 heavy (non-hydrogen) atoms. The number of amides is 5. The van der Waals surface area contributed by atoms with Crippen LogP contribution in [0, 0.1) is 40.4 Å². The summed E-state index contributed by atoms with van der Waals surface area (Å²) in [6.07, 6.45) is -11.3. The predicted octanol–water partition coefficient (Wildman–Crippen LogP) is 3.30. The number of fused-ring (bicyclic) bond motifs is 6. The highest BCUT2D eigenvalue weighted by Crippen LogP contribution is 2.59. The standard InChI is InChI=1S/C31H34F7N7O5/c1-28(2,3)21(41-27(49)43-25(30(33,34)35)31(36,37)38)24(47)44-11-16-13-7-15(17(32)8-13)19(16)20(44)23(46)45-12-29(9-14(45)10-39)26(48)42-22-18(50-29)5-4-6-40-22/h4-6,13-17,19-21,25H,7-9,11-12H2,1-3H3,(H,40,42,48)(H2,41,43,49). The second-order valence-electron chi connectivity index (χ2n) is 14.7. The fraction of sp³-hybridized carbons (Fsp3) is 0.677. The maximum absolute atomic E-state index is 15.2. The molecule has 1 aromatic heterocycles. The third-order valence-corrected chi connectivity index (χ3v) is 10.6. The van der Waals surface area contributed by atoms with E-state index in [0.29, 0.717) is 6.42 Å². The first kappa shape index (κ1) is 35.5. The number of aromatic nitrogens is 1. The molecular weight excluding hydrogens is 683 g/mol. The van der Waals surface area contributed by atoms with E-state index in [1.54, 1.807) is 6.07 Å². The third-order valence-electron chi connectivity index (χ3n) is 10.6. The Balaban J connectivity index is 1.31. The first-order chi connectivity index (χ1) is 23.2. The van der Waals surface area contributed by atoms with Gasteiger partial charge in [0.1, 0.15) is 24.3 Å².